The largest absolute Gasteiger partial charge is 0.378 e. The highest BCUT2D eigenvalue weighted by Gasteiger charge is 2.25. The number of aromatic nitrogens is 1. The van der Waals surface area contributed by atoms with Crippen LogP contribution in [0.4, 0.5) is 5.69 Å². The SMILES string of the molecule is Cn1c(=NN=CC2=C(N3CCOCC3)C(=Cc3cccc([N+](=O)[O-])c3)CC2)sc2ccccc21. The lowest BCUT2D eigenvalue weighted by atomic mass is 10.1. The minimum absolute atomic E-state index is 0.0982. The number of hydrogen-bond donors (Lipinski definition) is 0. The lowest BCUT2D eigenvalue weighted by Crippen LogP contribution is -2.36. The standard InChI is InChI=1S/C25H25N5O3S/c1-28-22-7-2-3-8-23(22)34-25(28)27-26-17-20-10-9-19(24(20)29-11-13-33-14-12-29)15-18-5-4-6-21(16-18)30(31)32/h2-8,15-17H,9-14H2,1H3. The predicted octanol–water partition coefficient (Wildman–Crippen LogP) is 4.50. The first-order valence-corrected chi connectivity index (χ1v) is 12.0. The third-order valence-electron chi connectivity index (χ3n) is 6.09. The number of hydrogen-bond acceptors (Lipinski definition) is 7. The van der Waals surface area contributed by atoms with Crippen LogP contribution in [0.15, 0.2) is 75.6 Å². The van der Waals surface area contributed by atoms with Crippen molar-refractivity contribution in [3.63, 3.8) is 0 Å². The van der Waals surface area contributed by atoms with Crippen molar-refractivity contribution in [1.29, 1.82) is 0 Å². The molecule has 2 heterocycles. The van der Waals surface area contributed by atoms with E-state index in [0.717, 1.165) is 58.7 Å². The summed E-state index contributed by atoms with van der Waals surface area (Å²) in [6.07, 6.45) is 5.63. The molecule has 3 aromatic rings. The molecular formula is C25H25N5O3S. The highest BCUT2D eigenvalue weighted by molar-refractivity contribution is 7.16. The molecule has 1 fully saturated rings. The number of non-ortho nitro benzene ring substituents is 1. The van der Waals surface area contributed by atoms with E-state index >= 15 is 0 Å². The van der Waals surface area contributed by atoms with Crippen molar-refractivity contribution in [3.8, 4) is 0 Å². The first-order chi connectivity index (χ1) is 16.6. The van der Waals surface area contributed by atoms with Gasteiger partial charge in [-0.05, 0) is 47.8 Å². The van der Waals surface area contributed by atoms with Crippen LogP contribution in [-0.4, -0.2) is 46.9 Å². The van der Waals surface area contributed by atoms with E-state index in [4.69, 9.17) is 4.74 Å². The molecule has 0 unspecified atom stereocenters. The predicted molar refractivity (Wildman–Crippen MR) is 135 cm³/mol. The molecule has 0 radical (unpaired) electrons. The topological polar surface area (TPSA) is 85.3 Å². The molecule has 2 aromatic carbocycles. The third kappa shape index (κ3) is 4.57. The number of rotatable bonds is 5. The lowest BCUT2D eigenvalue weighted by Gasteiger charge is -2.31. The number of para-hydroxylation sites is 1. The van der Waals surface area contributed by atoms with E-state index in [-0.39, 0.29) is 10.6 Å². The average Bonchev–Trinajstić information content (AvgIpc) is 3.40. The Labute approximate surface area is 201 Å². The molecule has 1 aliphatic carbocycles. The molecule has 1 aromatic heterocycles. The smallest absolute Gasteiger partial charge is 0.270 e. The molecule has 8 nitrogen and oxygen atoms in total. The zero-order valence-corrected chi connectivity index (χ0v) is 19.7. The number of allylic oxidation sites excluding steroid dienone is 2. The number of nitrogens with zero attached hydrogens (tertiary/aromatic N) is 5. The lowest BCUT2D eigenvalue weighted by molar-refractivity contribution is -0.384. The molecule has 1 saturated heterocycles. The van der Waals surface area contributed by atoms with Crippen LogP contribution in [0, 0.1) is 10.1 Å². The molecule has 34 heavy (non-hydrogen) atoms. The van der Waals surface area contributed by atoms with Crippen molar-refractivity contribution in [2.75, 3.05) is 26.3 Å². The molecular weight excluding hydrogens is 450 g/mol. The molecule has 1 aliphatic heterocycles. The molecule has 0 N–H and O–H groups in total. The maximum Gasteiger partial charge on any atom is 0.270 e. The second-order valence-corrected chi connectivity index (χ2v) is 9.26. The summed E-state index contributed by atoms with van der Waals surface area (Å²) in [6, 6.07) is 15.0. The Morgan fingerprint density at radius 1 is 1.12 bits per heavy atom. The minimum Gasteiger partial charge on any atom is -0.378 e. The fourth-order valence-corrected chi connectivity index (χ4v) is 5.40. The summed E-state index contributed by atoms with van der Waals surface area (Å²) < 4.78 is 8.79. The van der Waals surface area contributed by atoms with E-state index in [1.54, 1.807) is 23.5 Å². The van der Waals surface area contributed by atoms with Crippen LogP contribution >= 0.6 is 11.3 Å². The van der Waals surface area contributed by atoms with E-state index in [1.807, 2.05) is 31.5 Å². The monoisotopic (exact) mass is 475 g/mol. The summed E-state index contributed by atoms with van der Waals surface area (Å²) >= 11 is 1.61. The molecule has 2 aliphatic rings. The first-order valence-electron chi connectivity index (χ1n) is 11.2. The van der Waals surface area contributed by atoms with E-state index in [9.17, 15) is 10.1 Å². The van der Waals surface area contributed by atoms with Gasteiger partial charge in [0.15, 0.2) is 0 Å². The quantitative estimate of drug-likeness (QED) is 0.309. The molecule has 5 rings (SSSR count). The number of nitro groups is 1. The van der Waals surface area contributed by atoms with Crippen LogP contribution in [0.3, 0.4) is 0 Å². The van der Waals surface area contributed by atoms with Crippen LogP contribution in [0.25, 0.3) is 16.3 Å². The van der Waals surface area contributed by atoms with Gasteiger partial charge < -0.3 is 14.2 Å². The van der Waals surface area contributed by atoms with Crippen molar-refractivity contribution in [2.45, 2.75) is 12.8 Å². The molecule has 0 bridgehead atoms. The fraction of sp³-hybridized carbons (Fsp3) is 0.280. The zero-order valence-electron chi connectivity index (χ0n) is 18.9. The number of fused-ring (bicyclic) bond motifs is 1. The summed E-state index contributed by atoms with van der Waals surface area (Å²) in [7, 11) is 2.00. The first kappa shape index (κ1) is 22.2. The molecule has 174 valence electrons. The molecule has 0 saturated carbocycles. The van der Waals surface area contributed by atoms with Gasteiger partial charge in [0.1, 0.15) is 0 Å². The second kappa shape index (κ2) is 9.74. The Balaban J connectivity index is 1.50. The van der Waals surface area contributed by atoms with Gasteiger partial charge in [-0.25, -0.2) is 0 Å². The second-order valence-electron chi connectivity index (χ2n) is 8.25. The highest BCUT2D eigenvalue weighted by atomic mass is 32.1. The molecule has 0 atom stereocenters. The molecule has 0 amide bonds. The van der Waals surface area contributed by atoms with Crippen LogP contribution < -0.4 is 4.80 Å². The van der Waals surface area contributed by atoms with Gasteiger partial charge in [0.05, 0.1) is 34.6 Å². The van der Waals surface area contributed by atoms with Crippen LogP contribution in [0.5, 0.6) is 0 Å². The summed E-state index contributed by atoms with van der Waals surface area (Å²) in [6.45, 7) is 2.97. The van der Waals surface area contributed by atoms with Crippen molar-refractivity contribution in [1.82, 2.24) is 9.47 Å². The number of ether oxygens (including phenoxy) is 1. The Morgan fingerprint density at radius 3 is 2.74 bits per heavy atom. The Morgan fingerprint density at radius 2 is 1.94 bits per heavy atom. The van der Waals surface area contributed by atoms with Gasteiger partial charge in [0, 0.05) is 38.0 Å². The number of morpholine rings is 1. The van der Waals surface area contributed by atoms with E-state index < -0.39 is 0 Å². The van der Waals surface area contributed by atoms with Crippen molar-refractivity contribution >= 4 is 39.5 Å². The number of benzene rings is 2. The van der Waals surface area contributed by atoms with Crippen molar-refractivity contribution < 1.29 is 9.66 Å². The highest BCUT2D eigenvalue weighted by Crippen LogP contribution is 2.35. The van der Waals surface area contributed by atoms with Crippen LogP contribution in [0.1, 0.15) is 18.4 Å². The zero-order chi connectivity index (χ0) is 23.5. The van der Waals surface area contributed by atoms with Crippen LogP contribution in [0.2, 0.25) is 0 Å². The van der Waals surface area contributed by atoms with Gasteiger partial charge >= 0.3 is 0 Å². The maximum atomic E-state index is 11.2. The third-order valence-corrected chi connectivity index (χ3v) is 7.20. The Bertz CT molecular complexity index is 1390. The van der Waals surface area contributed by atoms with E-state index in [1.165, 1.54) is 10.8 Å². The van der Waals surface area contributed by atoms with Gasteiger partial charge in [0.2, 0.25) is 4.80 Å². The summed E-state index contributed by atoms with van der Waals surface area (Å²) in [5, 5.41) is 20.2. The van der Waals surface area contributed by atoms with E-state index in [2.05, 4.69) is 37.9 Å². The van der Waals surface area contributed by atoms with Gasteiger partial charge in [-0.3, -0.25) is 10.1 Å². The average molecular weight is 476 g/mol. The fourth-order valence-electron chi connectivity index (χ4n) is 4.43. The maximum absolute atomic E-state index is 11.2. The van der Waals surface area contributed by atoms with Crippen LogP contribution in [-0.2, 0) is 11.8 Å². The van der Waals surface area contributed by atoms with Gasteiger partial charge in [-0.1, -0.05) is 35.6 Å². The van der Waals surface area contributed by atoms with Gasteiger partial charge in [-0.2, -0.15) is 5.10 Å². The summed E-state index contributed by atoms with van der Waals surface area (Å²) in [5.74, 6) is 0. The summed E-state index contributed by atoms with van der Waals surface area (Å²) in [4.78, 5) is 14.0. The van der Waals surface area contributed by atoms with Gasteiger partial charge in [0.25, 0.3) is 5.69 Å². The molecule has 9 heteroatoms. The Kier molecular flexibility index (Phi) is 6.37. The summed E-state index contributed by atoms with van der Waals surface area (Å²) in [5.41, 5.74) is 5.51. The number of thiazole rings is 1. The van der Waals surface area contributed by atoms with E-state index in [0.29, 0.717) is 13.2 Å². The van der Waals surface area contributed by atoms with Crippen molar-refractivity contribution in [2.24, 2.45) is 17.3 Å². The Hall–Kier alpha value is -3.56. The number of aryl methyl sites for hydroxylation is 1. The van der Waals surface area contributed by atoms with Gasteiger partial charge in [-0.15, -0.1) is 5.10 Å². The normalized spacial score (nSPS) is 18.7. The minimum atomic E-state index is -0.358. The molecule has 0 spiro atoms. The van der Waals surface area contributed by atoms with Crippen molar-refractivity contribution in [3.05, 3.63) is 85.9 Å². The number of nitro benzene ring substituents is 1.